The number of carbonyl (C=O) groups is 1. The van der Waals surface area contributed by atoms with E-state index in [4.69, 9.17) is 0 Å². The fourth-order valence-corrected chi connectivity index (χ4v) is 4.75. The van der Waals surface area contributed by atoms with Gasteiger partial charge in [0.2, 0.25) is 5.91 Å². The lowest BCUT2D eigenvalue weighted by atomic mass is 10.1. The van der Waals surface area contributed by atoms with E-state index in [9.17, 15) is 4.79 Å². The summed E-state index contributed by atoms with van der Waals surface area (Å²) in [6, 6.07) is 8.51. The van der Waals surface area contributed by atoms with E-state index in [1.54, 1.807) is 0 Å². The Labute approximate surface area is 184 Å². The number of hydrogen-bond acceptors (Lipinski definition) is 3. The highest BCUT2D eigenvalue weighted by Gasteiger charge is 2.28. The molecule has 2 saturated heterocycles. The molecule has 3 rings (SSSR count). The van der Waals surface area contributed by atoms with Gasteiger partial charge in [-0.05, 0) is 31.4 Å². The lowest BCUT2D eigenvalue weighted by molar-refractivity contribution is -0.128. The number of likely N-dealkylation sites (tertiary alicyclic amines) is 1. The molecule has 0 aliphatic carbocycles. The van der Waals surface area contributed by atoms with Gasteiger partial charge in [0.1, 0.15) is 0 Å². The van der Waals surface area contributed by atoms with Gasteiger partial charge in [0.15, 0.2) is 5.96 Å². The van der Waals surface area contributed by atoms with Crippen molar-refractivity contribution in [1.82, 2.24) is 15.1 Å². The van der Waals surface area contributed by atoms with Crippen LogP contribution in [0.2, 0.25) is 0 Å². The zero-order valence-electron chi connectivity index (χ0n) is 16.5. The van der Waals surface area contributed by atoms with Crippen molar-refractivity contribution < 1.29 is 4.79 Å². The standard InChI is InChI=1S/C20H30N4OS.HI/c1-20(2)15-24(10-11-26-20)19(21-3)22-13-16-6-4-7-17(12-16)14-23-9-5-8-18(23)25;/h4,6-7,12H,5,8-11,13-15H2,1-3H3,(H,21,22);1H. The van der Waals surface area contributed by atoms with Gasteiger partial charge in [0, 0.05) is 56.7 Å². The van der Waals surface area contributed by atoms with Gasteiger partial charge in [-0.25, -0.2) is 0 Å². The average Bonchev–Trinajstić information content (AvgIpc) is 3.00. The first-order valence-electron chi connectivity index (χ1n) is 9.42. The normalized spacial score (nSPS) is 19.8. The van der Waals surface area contributed by atoms with Crippen molar-refractivity contribution in [3.05, 3.63) is 35.4 Å². The number of thioether (sulfide) groups is 1. The number of nitrogens with zero attached hydrogens (tertiary/aromatic N) is 3. The molecule has 1 aromatic rings. The molecule has 0 spiro atoms. The molecule has 1 aromatic carbocycles. The quantitative estimate of drug-likeness (QED) is 0.390. The van der Waals surface area contributed by atoms with E-state index in [0.29, 0.717) is 6.42 Å². The maximum absolute atomic E-state index is 11.8. The molecule has 1 amide bonds. The maximum Gasteiger partial charge on any atom is 0.222 e. The van der Waals surface area contributed by atoms with Crippen molar-refractivity contribution in [3.63, 3.8) is 0 Å². The van der Waals surface area contributed by atoms with Crippen LogP contribution in [-0.2, 0) is 17.9 Å². The van der Waals surface area contributed by atoms with E-state index in [0.717, 1.165) is 50.9 Å². The molecule has 0 atom stereocenters. The molecule has 7 heteroatoms. The van der Waals surface area contributed by atoms with E-state index >= 15 is 0 Å². The number of amides is 1. The Hall–Kier alpha value is -0.960. The Morgan fingerprint density at radius 2 is 2.07 bits per heavy atom. The van der Waals surface area contributed by atoms with Gasteiger partial charge in [-0.1, -0.05) is 24.3 Å². The average molecular weight is 502 g/mol. The van der Waals surface area contributed by atoms with Crippen molar-refractivity contribution in [2.24, 2.45) is 4.99 Å². The number of rotatable bonds is 4. The molecule has 0 aromatic heterocycles. The number of halogens is 1. The summed E-state index contributed by atoms with van der Waals surface area (Å²) in [5.74, 6) is 2.38. The van der Waals surface area contributed by atoms with Gasteiger partial charge >= 0.3 is 0 Å². The fraction of sp³-hybridized carbons (Fsp3) is 0.600. The summed E-state index contributed by atoms with van der Waals surface area (Å²) in [5.41, 5.74) is 2.42. The van der Waals surface area contributed by atoms with Crippen LogP contribution < -0.4 is 5.32 Å². The topological polar surface area (TPSA) is 47.9 Å². The van der Waals surface area contributed by atoms with Crippen molar-refractivity contribution in [2.75, 3.05) is 32.4 Å². The maximum atomic E-state index is 11.8. The van der Waals surface area contributed by atoms with E-state index in [1.165, 1.54) is 11.1 Å². The molecular formula is C20H31IN4OS. The molecule has 2 fully saturated rings. The molecule has 0 radical (unpaired) electrons. The van der Waals surface area contributed by atoms with Gasteiger partial charge in [0.25, 0.3) is 0 Å². The summed E-state index contributed by atoms with van der Waals surface area (Å²) >= 11 is 2.03. The second kappa shape index (κ2) is 10.0. The molecule has 5 nitrogen and oxygen atoms in total. The van der Waals surface area contributed by atoms with Crippen LogP contribution in [0.3, 0.4) is 0 Å². The van der Waals surface area contributed by atoms with Crippen molar-refractivity contribution in [3.8, 4) is 0 Å². The molecule has 2 aliphatic heterocycles. The molecule has 27 heavy (non-hydrogen) atoms. The lowest BCUT2D eigenvalue weighted by Gasteiger charge is -2.39. The molecule has 0 unspecified atom stereocenters. The zero-order valence-corrected chi connectivity index (χ0v) is 19.7. The first kappa shape index (κ1) is 22.3. The third kappa shape index (κ3) is 6.27. The highest BCUT2D eigenvalue weighted by Crippen LogP contribution is 2.29. The Balaban J connectivity index is 0.00000261. The minimum absolute atomic E-state index is 0. The number of carbonyl (C=O) groups excluding carboxylic acids is 1. The number of aliphatic imine (C=N–C) groups is 1. The molecular weight excluding hydrogens is 471 g/mol. The SMILES string of the molecule is CN=C(NCc1cccc(CN2CCCC2=O)c1)N1CCSC(C)(C)C1.I. The summed E-state index contributed by atoms with van der Waals surface area (Å²) < 4.78 is 0.262. The molecule has 2 heterocycles. The second-order valence-electron chi connectivity index (χ2n) is 7.67. The summed E-state index contributed by atoms with van der Waals surface area (Å²) in [6.07, 6.45) is 1.68. The van der Waals surface area contributed by atoms with Crippen LogP contribution >= 0.6 is 35.7 Å². The monoisotopic (exact) mass is 502 g/mol. The molecule has 150 valence electrons. The van der Waals surface area contributed by atoms with Crippen molar-refractivity contribution in [2.45, 2.75) is 44.5 Å². The van der Waals surface area contributed by atoms with E-state index < -0.39 is 0 Å². The first-order chi connectivity index (χ1) is 12.5. The third-order valence-corrected chi connectivity index (χ3v) is 6.22. The number of hydrogen-bond donors (Lipinski definition) is 1. The highest BCUT2D eigenvalue weighted by atomic mass is 127. The number of benzene rings is 1. The largest absolute Gasteiger partial charge is 0.352 e. The molecule has 1 N–H and O–H groups in total. The van der Waals surface area contributed by atoms with Gasteiger partial charge < -0.3 is 15.1 Å². The van der Waals surface area contributed by atoms with Crippen LogP contribution in [0.25, 0.3) is 0 Å². The Morgan fingerprint density at radius 1 is 1.30 bits per heavy atom. The molecule has 0 bridgehead atoms. The Morgan fingerprint density at radius 3 is 2.74 bits per heavy atom. The summed E-state index contributed by atoms with van der Waals surface area (Å²) in [7, 11) is 1.85. The summed E-state index contributed by atoms with van der Waals surface area (Å²) in [4.78, 5) is 20.6. The minimum atomic E-state index is 0. The van der Waals surface area contributed by atoms with E-state index in [1.807, 2.05) is 23.7 Å². The smallest absolute Gasteiger partial charge is 0.222 e. The van der Waals surface area contributed by atoms with Crippen LogP contribution in [0.15, 0.2) is 29.3 Å². The highest BCUT2D eigenvalue weighted by molar-refractivity contribution is 14.0. The lowest BCUT2D eigenvalue weighted by Crippen LogP contribution is -2.50. The fourth-order valence-electron chi connectivity index (χ4n) is 3.64. The van der Waals surface area contributed by atoms with Crippen LogP contribution in [0, 0.1) is 0 Å². The predicted octanol–water partition coefficient (Wildman–Crippen LogP) is 3.33. The summed E-state index contributed by atoms with van der Waals surface area (Å²) in [6.45, 7) is 8.98. The molecule has 0 saturated carbocycles. The summed E-state index contributed by atoms with van der Waals surface area (Å²) in [5, 5.41) is 3.51. The van der Waals surface area contributed by atoms with E-state index in [-0.39, 0.29) is 34.6 Å². The van der Waals surface area contributed by atoms with Crippen LogP contribution in [-0.4, -0.2) is 58.8 Å². The third-order valence-electron chi connectivity index (χ3n) is 4.92. The minimum Gasteiger partial charge on any atom is -0.352 e. The van der Waals surface area contributed by atoms with Crippen LogP contribution in [0.4, 0.5) is 0 Å². The Bertz CT molecular complexity index is 680. The number of nitrogens with one attached hydrogen (secondary N) is 1. The second-order valence-corrected chi connectivity index (χ2v) is 9.47. The van der Waals surface area contributed by atoms with Crippen molar-refractivity contribution >= 4 is 47.6 Å². The molecule has 2 aliphatic rings. The van der Waals surface area contributed by atoms with Gasteiger partial charge in [-0.15, -0.1) is 24.0 Å². The van der Waals surface area contributed by atoms with Gasteiger partial charge in [-0.2, -0.15) is 11.8 Å². The van der Waals surface area contributed by atoms with Crippen LogP contribution in [0.5, 0.6) is 0 Å². The van der Waals surface area contributed by atoms with Gasteiger partial charge in [-0.3, -0.25) is 9.79 Å². The van der Waals surface area contributed by atoms with Gasteiger partial charge in [0.05, 0.1) is 0 Å². The predicted molar refractivity (Wildman–Crippen MR) is 125 cm³/mol. The number of guanidine groups is 1. The van der Waals surface area contributed by atoms with Crippen molar-refractivity contribution in [1.29, 1.82) is 0 Å². The zero-order chi connectivity index (χ0) is 18.6. The van der Waals surface area contributed by atoms with E-state index in [2.05, 4.69) is 53.3 Å². The Kier molecular flexibility index (Phi) is 8.27. The van der Waals surface area contributed by atoms with Crippen LogP contribution in [0.1, 0.15) is 37.8 Å². The first-order valence-corrected chi connectivity index (χ1v) is 10.4.